The highest BCUT2D eigenvalue weighted by atomic mass is 19.4. The third kappa shape index (κ3) is 3.78. The first kappa shape index (κ1) is 18.9. The zero-order valence-corrected chi connectivity index (χ0v) is 15.4. The van der Waals surface area contributed by atoms with Crippen LogP contribution in [0.25, 0.3) is 0 Å². The average Bonchev–Trinajstić information content (AvgIpc) is 3.03. The van der Waals surface area contributed by atoms with Crippen LogP contribution in [0.2, 0.25) is 0 Å². The highest BCUT2D eigenvalue weighted by Gasteiger charge is 2.31. The van der Waals surface area contributed by atoms with E-state index in [0.29, 0.717) is 5.82 Å². The summed E-state index contributed by atoms with van der Waals surface area (Å²) < 4.78 is 38.6. The molecule has 1 aliphatic heterocycles. The van der Waals surface area contributed by atoms with Gasteiger partial charge in [-0.2, -0.15) is 13.2 Å². The van der Waals surface area contributed by atoms with Crippen LogP contribution in [0.5, 0.6) is 0 Å². The second kappa shape index (κ2) is 7.20. The fraction of sp³-hybridized carbons (Fsp3) is 0.190. The molecule has 5 nitrogen and oxygen atoms in total. The first-order chi connectivity index (χ1) is 13.8. The summed E-state index contributed by atoms with van der Waals surface area (Å²) in [5, 5.41) is 2.47. The molecule has 0 bridgehead atoms. The fourth-order valence-corrected chi connectivity index (χ4v) is 3.49. The van der Waals surface area contributed by atoms with Gasteiger partial charge < -0.3 is 10.2 Å². The molecule has 8 heteroatoms. The number of benzene rings is 2. The molecule has 1 amide bonds. The summed E-state index contributed by atoms with van der Waals surface area (Å²) >= 11 is 0. The second-order valence-corrected chi connectivity index (χ2v) is 6.85. The smallest absolute Gasteiger partial charge is 0.323 e. The van der Waals surface area contributed by atoms with Crippen LogP contribution in [0.1, 0.15) is 28.5 Å². The molecule has 1 aliphatic rings. The predicted octanol–water partition coefficient (Wildman–Crippen LogP) is 4.83. The van der Waals surface area contributed by atoms with E-state index in [1.54, 1.807) is 6.07 Å². The van der Waals surface area contributed by atoms with Crippen molar-refractivity contribution in [3.05, 3.63) is 77.7 Å². The minimum Gasteiger partial charge on any atom is -0.323 e. The van der Waals surface area contributed by atoms with E-state index in [9.17, 15) is 18.0 Å². The largest absolute Gasteiger partial charge is 0.416 e. The Hall–Kier alpha value is -3.42. The van der Waals surface area contributed by atoms with Crippen molar-refractivity contribution in [3.8, 4) is 0 Å². The van der Waals surface area contributed by atoms with Gasteiger partial charge in [-0.15, -0.1) is 0 Å². The maximum Gasteiger partial charge on any atom is 0.416 e. The number of carbonyl (C=O) groups excluding carboxylic acids is 1. The number of anilines is 3. The van der Waals surface area contributed by atoms with Crippen molar-refractivity contribution in [1.29, 1.82) is 0 Å². The molecule has 0 spiro atoms. The van der Waals surface area contributed by atoms with Gasteiger partial charge >= 0.3 is 6.18 Å². The Labute approximate surface area is 165 Å². The highest BCUT2D eigenvalue weighted by molar-refractivity contribution is 6.03. The van der Waals surface area contributed by atoms with Gasteiger partial charge in [-0.05, 0) is 43.2 Å². The van der Waals surface area contributed by atoms with Crippen molar-refractivity contribution in [2.75, 3.05) is 10.2 Å². The molecule has 1 atom stereocenters. The van der Waals surface area contributed by atoms with E-state index in [-0.39, 0.29) is 17.4 Å². The van der Waals surface area contributed by atoms with E-state index in [4.69, 9.17) is 0 Å². The quantitative estimate of drug-likeness (QED) is 0.687. The van der Waals surface area contributed by atoms with Gasteiger partial charge in [0.25, 0.3) is 5.91 Å². The molecule has 148 valence electrons. The molecule has 0 radical (unpaired) electrons. The number of rotatable bonds is 3. The number of amides is 1. The van der Waals surface area contributed by atoms with Gasteiger partial charge in [-0.25, -0.2) is 9.97 Å². The van der Waals surface area contributed by atoms with Gasteiger partial charge in [-0.1, -0.05) is 24.3 Å². The third-order valence-corrected chi connectivity index (χ3v) is 4.79. The lowest BCUT2D eigenvalue weighted by molar-refractivity contribution is -0.137. The summed E-state index contributed by atoms with van der Waals surface area (Å²) in [4.78, 5) is 22.9. The summed E-state index contributed by atoms with van der Waals surface area (Å²) in [5.74, 6) is -0.0419. The van der Waals surface area contributed by atoms with Gasteiger partial charge in [0, 0.05) is 23.5 Å². The van der Waals surface area contributed by atoms with E-state index >= 15 is 0 Å². The van der Waals surface area contributed by atoms with Crippen LogP contribution in [0.4, 0.5) is 30.4 Å². The number of nitrogens with one attached hydrogen (secondary N) is 1. The summed E-state index contributed by atoms with van der Waals surface area (Å²) in [6, 6.07) is 14.1. The van der Waals surface area contributed by atoms with Crippen LogP contribution < -0.4 is 10.2 Å². The number of aromatic nitrogens is 2. The van der Waals surface area contributed by atoms with Gasteiger partial charge in [0.1, 0.15) is 17.8 Å². The van der Waals surface area contributed by atoms with Crippen molar-refractivity contribution in [1.82, 2.24) is 9.97 Å². The Morgan fingerprint density at radius 3 is 2.69 bits per heavy atom. The maximum atomic E-state index is 12.9. The lowest BCUT2D eigenvalue weighted by Gasteiger charge is -2.23. The molecule has 0 fully saturated rings. The topological polar surface area (TPSA) is 58.1 Å². The van der Waals surface area contributed by atoms with E-state index in [1.807, 2.05) is 29.2 Å². The molecule has 2 heterocycles. The Bertz CT molecular complexity index is 1070. The van der Waals surface area contributed by atoms with E-state index < -0.39 is 17.6 Å². The van der Waals surface area contributed by atoms with Crippen LogP contribution >= 0.6 is 0 Å². The molecule has 0 aliphatic carbocycles. The fourth-order valence-electron chi connectivity index (χ4n) is 3.49. The van der Waals surface area contributed by atoms with Crippen LogP contribution in [-0.2, 0) is 12.6 Å². The lowest BCUT2D eigenvalue weighted by atomic mass is 10.1. The monoisotopic (exact) mass is 398 g/mol. The molecule has 1 unspecified atom stereocenters. The van der Waals surface area contributed by atoms with E-state index in [2.05, 4.69) is 22.2 Å². The van der Waals surface area contributed by atoms with E-state index in [0.717, 1.165) is 24.2 Å². The van der Waals surface area contributed by atoms with Gasteiger partial charge in [0.05, 0.1) is 5.56 Å². The number of halogens is 3. The number of para-hydroxylation sites is 1. The predicted molar refractivity (Wildman–Crippen MR) is 103 cm³/mol. The number of carbonyl (C=O) groups is 1. The number of hydrogen-bond acceptors (Lipinski definition) is 4. The maximum absolute atomic E-state index is 12.9. The Balaban J connectivity index is 1.59. The SMILES string of the molecule is CC1Cc2ccccc2N1c1cc(C(=O)Nc2cccc(C(F)(F)F)c2)ncn1. The summed E-state index contributed by atoms with van der Waals surface area (Å²) in [6.07, 6.45) is -2.35. The highest BCUT2D eigenvalue weighted by Crippen LogP contribution is 2.37. The van der Waals surface area contributed by atoms with Crippen molar-refractivity contribution in [2.45, 2.75) is 25.6 Å². The van der Waals surface area contributed by atoms with Crippen LogP contribution in [0.3, 0.4) is 0 Å². The Morgan fingerprint density at radius 1 is 1.10 bits per heavy atom. The average molecular weight is 398 g/mol. The number of nitrogens with zero attached hydrogens (tertiary/aromatic N) is 3. The Morgan fingerprint density at radius 2 is 1.90 bits per heavy atom. The molecule has 0 saturated carbocycles. The molecule has 1 aromatic heterocycles. The number of fused-ring (bicyclic) bond motifs is 1. The van der Waals surface area contributed by atoms with Crippen molar-refractivity contribution in [2.24, 2.45) is 0 Å². The molecule has 2 aromatic carbocycles. The minimum atomic E-state index is -4.48. The molecule has 3 aromatic rings. The first-order valence-corrected chi connectivity index (χ1v) is 9.01. The van der Waals surface area contributed by atoms with Crippen molar-refractivity contribution < 1.29 is 18.0 Å². The summed E-state index contributed by atoms with van der Waals surface area (Å²) in [6.45, 7) is 2.06. The molecule has 29 heavy (non-hydrogen) atoms. The summed E-state index contributed by atoms with van der Waals surface area (Å²) in [7, 11) is 0. The molecule has 4 rings (SSSR count). The van der Waals surface area contributed by atoms with E-state index in [1.165, 1.54) is 24.0 Å². The molecule has 1 N–H and O–H groups in total. The first-order valence-electron chi connectivity index (χ1n) is 9.01. The zero-order chi connectivity index (χ0) is 20.6. The lowest BCUT2D eigenvalue weighted by Crippen LogP contribution is -2.25. The van der Waals surface area contributed by atoms with Crippen molar-refractivity contribution in [3.63, 3.8) is 0 Å². The Kier molecular flexibility index (Phi) is 4.70. The second-order valence-electron chi connectivity index (χ2n) is 6.85. The molecular weight excluding hydrogens is 381 g/mol. The van der Waals surface area contributed by atoms with Gasteiger partial charge in [-0.3, -0.25) is 4.79 Å². The van der Waals surface area contributed by atoms with Crippen LogP contribution in [0.15, 0.2) is 60.9 Å². The molecular formula is C21H17F3N4O. The standard InChI is InChI=1S/C21H17F3N4O/c1-13-9-14-5-2-3-8-18(14)28(13)19-11-17(25-12-26-19)20(29)27-16-7-4-6-15(10-16)21(22,23)24/h2-8,10-13H,9H2,1H3,(H,27,29). The third-order valence-electron chi connectivity index (χ3n) is 4.79. The van der Waals surface area contributed by atoms with Crippen LogP contribution in [-0.4, -0.2) is 21.9 Å². The minimum absolute atomic E-state index is 0.0462. The van der Waals surface area contributed by atoms with Crippen LogP contribution in [0, 0.1) is 0 Å². The van der Waals surface area contributed by atoms with Crippen molar-refractivity contribution >= 4 is 23.1 Å². The number of alkyl halides is 3. The van der Waals surface area contributed by atoms with Gasteiger partial charge in [0.15, 0.2) is 0 Å². The number of hydrogen-bond donors (Lipinski definition) is 1. The zero-order valence-electron chi connectivity index (χ0n) is 15.4. The molecule has 0 saturated heterocycles. The normalized spacial score (nSPS) is 15.9. The van der Waals surface area contributed by atoms with Gasteiger partial charge in [0.2, 0.25) is 0 Å². The summed E-state index contributed by atoms with van der Waals surface area (Å²) in [5.41, 5.74) is 1.49.